The van der Waals surface area contributed by atoms with Crippen LogP contribution in [0, 0.1) is 25.7 Å². The van der Waals surface area contributed by atoms with Gasteiger partial charge < -0.3 is 29.3 Å². The number of aryl methyl sites for hydroxylation is 2. The van der Waals surface area contributed by atoms with Crippen LogP contribution in [0.25, 0.3) is 0 Å². The highest BCUT2D eigenvalue weighted by Gasteiger charge is 2.79. The Morgan fingerprint density at radius 2 is 1.67 bits per heavy atom. The van der Waals surface area contributed by atoms with Crippen molar-refractivity contribution in [3.8, 4) is 5.75 Å². The summed E-state index contributed by atoms with van der Waals surface area (Å²) in [7, 11) is 0. The third-order valence-corrected chi connectivity index (χ3v) is 10.1. The quantitative estimate of drug-likeness (QED) is 0.314. The van der Waals surface area contributed by atoms with E-state index in [2.05, 4.69) is 13.2 Å². The molecular weight excluding hydrogens is 582 g/mol. The predicted molar refractivity (Wildman–Crippen MR) is 179 cm³/mol. The van der Waals surface area contributed by atoms with Gasteiger partial charge in [-0.3, -0.25) is 14.4 Å². The molecule has 3 aliphatic rings. The van der Waals surface area contributed by atoms with Crippen molar-refractivity contribution in [3.63, 3.8) is 0 Å². The van der Waals surface area contributed by atoms with Gasteiger partial charge in [0.05, 0.1) is 36.7 Å². The highest BCUT2D eigenvalue weighted by molar-refractivity contribution is 6.07. The van der Waals surface area contributed by atoms with Gasteiger partial charge in [-0.25, -0.2) is 0 Å². The Bertz CT molecular complexity index is 1480. The van der Waals surface area contributed by atoms with Crippen molar-refractivity contribution in [3.05, 3.63) is 78.9 Å². The fourth-order valence-corrected chi connectivity index (χ4v) is 8.13. The van der Waals surface area contributed by atoms with E-state index in [1.54, 1.807) is 22.0 Å². The van der Waals surface area contributed by atoms with Crippen LogP contribution in [-0.2, 0) is 19.1 Å². The number of rotatable bonds is 13. The minimum atomic E-state index is -1.24. The van der Waals surface area contributed by atoms with Gasteiger partial charge in [-0.1, -0.05) is 37.3 Å². The Morgan fingerprint density at radius 1 is 1.04 bits per heavy atom. The van der Waals surface area contributed by atoms with Gasteiger partial charge in [0.15, 0.2) is 0 Å². The monoisotopic (exact) mass is 629 g/mol. The van der Waals surface area contributed by atoms with Crippen LogP contribution in [0.15, 0.2) is 67.8 Å². The Kier molecular flexibility index (Phi) is 9.47. The van der Waals surface area contributed by atoms with E-state index in [1.165, 1.54) is 4.90 Å². The summed E-state index contributed by atoms with van der Waals surface area (Å²) in [4.78, 5) is 49.3. The molecule has 5 rings (SSSR count). The number of benzene rings is 2. The topological polar surface area (TPSA) is 99.6 Å². The third kappa shape index (κ3) is 5.23. The average molecular weight is 630 g/mol. The normalized spacial score (nSPS) is 26.9. The first-order valence-electron chi connectivity index (χ1n) is 16.3. The first-order valence-corrected chi connectivity index (χ1v) is 16.3. The summed E-state index contributed by atoms with van der Waals surface area (Å²) in [5.41, 5.74) is 1.05. The van der Waals surface area contributed by atoms with Crippen LogP contribution in [0.4, 0.5) is 11.4 Å². The highest BCUT2D eigenvalue weighted by atomic mass is 16.5. The molecule has 9 nitrogen and oxygen atoms in total. The first-order chi connectivity index (χ1) is 22.0. The maximum atomic E-state index is 15.0. The smallest absolute Gasteiger partial charge is 0.253 e. The zero-order valence-electron chi connectivity index (χ0n) is 27.7. The zero-order valence-corrected chi connectivity index (χ0v) is 27.7. The molecule has 6 atom stereocenters. The number of hydrogen-bond acceptors (Lipinski definition) is 6. The number of fused-ring (bicyclic) bond motifs is 1. The Balaban J connectivity index is 1.62. The largest absolute Gasteiger partial charge is 0.494 e. The number of hydrogen-bond donors (Lipinski definition) is 1. The van der Waals surface area contributed by atoms with Crippen molar-refractivity contribution in [2.24, 2.45) is 11.8 Å². The number of likely N-dealkylation sites (tertiary alicyclic amines) is 1. The molecule has 46 heavy (non-hydrogen) atoms. The molecular formula is C37H47N3O6. The van der Waals surface area contributed by atoms with Gasteiger partial charge in [0.1, 0.15) is 17.4 Å². The van der Waals surface area contributed by atoms with Crippen molar-refractivity contribution < 1.29 is 29.0 Å². The molecule has 246 valence electrons. The van der Waals surface area contributed by atoms with Gasteiger partial charge >= 0.3 is 0 Å². The fourth-order valence-electron chi connectivity index (χ4n) is 8.13. The van der Waals surface area contributed by atoms with Crippen LogP contribution >= 0.6 is 0 Å². The number of nitrogens with zero attached hydrogens (tertiary/aromatic N) is 3. The van der Waals surface area contributed by atoms with E-state index in [9.17, 15) is 19.5 Å². The molecule has 0 saturated carbocycles. The van der Waals surface area contributed by atoms with E-state index in [0.717, 1.165) is 16.8 Å². The molecule has 2 aromatic rings. The second-order valence-corrected chi connectivity index (χ2v) is 12.9. The number of anilines is 2. The summed E-state index contributed by atoms with van der Waals surface area (Å²) < 4.78 is 12.5. The van der Waals surface area contributed by atoms with Crippen LogP contribution in [0.1, 0.15) is 51.2 Å². The SMILES string of the molecule is C=CCN(C(=O)[C@@H]1[C@H]2C(=O)N([C@@H](CC)CO)C(C(=O)N(CC=C)c3c(C)cccc3C)C23CC[C@@]1(C)O3)c1ccc(OCC)cc1. The summed E-state index contributed by atoms with van der Waals surface area (Å²) in [6.45, 7) is 18.1. The molecule has 3 fully saturated rings. The lowest BCUT2D eigenvalue weighted by molar-refractivity contribution is -0.148. The lowest BCUT2D eigenvalue weighted by Crippen LogP contribution is -2.59. The summed E-state index contributed by atoms with van der Waals surface area (Å²) >= 11 is 0. The maximum absolute atomic E-state index is 15.0. The van der Waals surface area contributed by atoms with Crippen molar-refractivity contribution in [1.82, 2.24) is 4.90 Å². The molecule has 3 heterocycles. The van der Waals surface area contributed by atoms with Gasteiger partial charge in [0.2, 0.25) is 11.8 Å². The van der Waals surface area contributed by atoms with E-state index in [1.807, 2.05) is 77.1 Å². The second kappa shape index (κ2) is 13.0. The number of aliphatic hydroxyl groups is 1. The number of aliphatic hydroxyl groups excluding tert-OH is 1. The number of ether oxygens (including phenoxy) is 2. The van der Waals surface area contributed by atoms with Crippen molar-refractivity contribution in [2.45, 2.75) is 77.2 Å². The average Bonchev–Trinajstić information content (AvgIpc) is 3.61. The van der Waals surface area contributed by atoms with E-state index in [-0.39, 0.29) is 37.4 Å². The highest BCUT2D eigenvalue weighted by Crippen LogP contribution is 2.64. The molecule has 2 aromatic carbocycles. The standard InChI is InChI=1S/C37H47N3O6/c1-8-21-38(27-15-17-28(18-16-27)45-11-4)33(42)29-30-34(43)40(26(10-3)23-41)32(37(30)20-19-36(29,7)46-37)35(44)39(22-9-2)31-24(5)13-12-14-25(31)6/h8-9,12-18,26,29-30,32,41H,1-2,10-11,19-23H2,3-7H3/t26-,29-,30-,32?,36+,37?/m0/s1. The molecule has 1 spiro atoms. The lowest BCUT2D eigenvalue weighted by atomic mass is 9.66. The first kappa shape index (κ1) is 33.4. The predicted octanol–water partition coefficient (Wildman–Crippen LogP) is 4.98. The Morgan fingerprint density at radius 3 is 2.24 bits per heavy atom. The second-order valence-electron chi connectivity index (χ2n) is 12.9. The maximum Gasteiger partial charge on any atom is 0.253 e. The van der Waals surface area contributed by atoms with E-state index < -0.39 is 35.1 Å². The minimum Gasteiger partial charge on any atom is -0.494 e. The summed E-state index contributed by atoms with van der Waals surface area (Å²) in [6.07, 6.45) is 4.72. The minimum absolute atomic E-state index is 0.226. The van der Waals surface area contributed by atoms with Gasteiger partial charge in [-0.2, -0.15) is 0 Å². The molecule has 3 aliphatic heterocycles. The van der Waals surface area contributed by atoms with Crippen LogP contribution in [0.3, 0.4) is 0 Å². The third-order valence-electron chi connectivity index (χ3n) is 10.1. The Labute approximate surface area is 272 Å². The molecule has 0 aromatic heterocycles. The van der Waals surface area contributed by atoms with Crippen molar-refractivity contribution in [2.75, 3.05) is 36.1 Å². The molecule has 1 N–H and O–H groups in total. The fraction of sp³-hybridized carbons (Fsp3) is 0.486. The van der Waals surface area contributed by atoms with Gasteiger partial charge in [-0.15, -0.1) is 13.2 Å². The van der Waals surface area contributed by atoms with Gasteiger partial charge in [0.25, 0.3) is 5.91 Å². The van der Waals surface area contributed by atoms with Crippen LogP contribution in [0.5, 0.6) is 5.75 Å². The van der Waals surface area contributed by atoms with Gasteiger partial charge in [-0.05, 0) is 82.3 Å². The molecule has 9 heteroatoms. The van der Waals surface area contributed by atoms with E-state index in [0.29, 0.717) is 37.3 Å². The summed E-state index contributed by atoms with van der Waals surface area (Å²) in [5.74, 6) is -1.93. The molecule has 0 aliphatic carbocycles. The van der Waals surface area contributed by atoms with E-state index >= 15 is 0 Å². The van der Waals surface area contributed by atoms with E-state index in [4.69, 9.17) is 9.47 Å². The number of carbonyl (C=O) groups excluding carboxylic acids is 3. The lowest BCUT2D eigenvalue weighted by Gasteiger charge is -2.39. The molecule has 2 bridgehead atoms. The number of carbonyl (C=O) groups is 3. The molecule has 3 amide bonds. The van der Waals surface area contributed by atoms with Crippen LogP contribution in [0.2, 0.25) is 0 Å². The molecule has 3 saturated heterocycles. The number of para-hydroxylation sites is 1. The zero-order chi connectivity index (χ0) is 33.4. The molecule has 0 radical (unpaired) electrons. The van der Waals surface area contributed by atoms with Crippen molar-refractivity contribution >= 4 is 29.1 Å². The number of amides is 3. The Hall–Kier alpha value is -3.95. The molecule has 2 unspecified atom stereocenters. The van der Waals surface area contributed by atoms with Crippen molar-refractivity contribution in [1.29, 1.82) is 0 Å². The summed E-state index contributed by atoms with van der Waals surface area (Å²) in [6, 6.07) is 11.5. The van der Waals surface area contributed by atoms with Crippen LogP contribution in [-0.4, -0.2) is 77.3 Å². The van der Waals surface area contributed by atoms with Gasteiger partial charge in [0, 0.05) is 24.5 Å². The summed E-state index contributed by atoms with van der Waals surface area (Å²) in [5, 5.41) is 10.5. The van der Waals surface area contributed by atoms with Crippen LogP contribution < -0.4 is 14.5 Å².